The number of nitrogens with zero attached hydrogens (tertiary/aromatic N) is 1. The van der Waals surface area contributed by atoms with Crippen molar-refractivity contribution in [3.63, 3.8) is 0 Å². The van der Waals surface area contributed by atoms with Crippen LogP contribution in [0.1, 0.15) is 12.5 Å². The number of hydrazone groups is 1. The van der Waals surface area contributed by atoms with Crippen LogP contribution in [0, 0.1) is 0 Å². The first-order valence-corrected chi connectivity index (χ1v) is 6.80. The highest BCUT2D eigenvalue weighted by Gasteiger charge is 2.03. The molecule has 0 saturated carbocycles. The average molecular weight is 303 g/mol. The number of rotatable bonds is 5. The van der Waals surface area contributed by atoms with Gasteiger partial charge in [0.2, 0.25) is 0 Å². The SMILES string of the molecule is C/C(=N\NC(=O)COc1cccc(Cl)c1)c1ccccc1. The molecule has 2 aromatic rings. The number of carbonyl (C=O) groups is 1. The van der Waals surface area contributed by atoms with Crippen molar-refractivity contribution >= 4 is 23.2 Å². The minimum Gasteiger partial charge on any atom is -0.484 e. The van der Waals surface area contributed by atoms with Gasteiger partial charge in [0.05, 0.1) is 5.71 Å². The van der Waals surface area contributed by atoms with E-state index in [9.17, 15) is 4.79 Å². The van der Waals surface area contributed by atoms with Crippen LogP contribution in [0.5, 0.6) is 5.75 Å². The third-order valence-corrected chi connectivity index (χ3v) is 2.94. The minimum atomic E-state index is -0.328. The summed E-state index contributed by atoms with van der Waals surface area (Å²) in [5.74, 6) is 0.215. The van der Waals surface area contributed by atoms with E-state index in [0.717, 1.165) is 11.3 Å². The van der Waals surface area contributed by atoms with E-state index in [-0.39, 0.29) is 12.5 Å². The molecule has 2 rings (SSSR count). The second-order valence-corrected chi connectivity index (χ2v) is 4.78. The van der Waals surface area contributed by atoms with Crippen molar-refractivity contribution in [1.29, 1.82) is 0 Å². The molecular formula is C16H15ClN2O2. The first-order chi connectivity index (χ1) is 10.1. The second-order valence-electron chi connectivity index (χ2n) is 4.34. The van der Waals surface area contributed by atoms with Gasteiger partial charge in [0.1, 0.15) is 5.75 Å². The molecule has 0 atom stereocenters. The Morgan fingerprint density at radius 3 is 2.67 bits per heavy atom. The Balaban J connectivity index is 1.85. The molecular weight excluding hydrogens is 288 g/mol. The average Bonchev–Trinajstić information content (AvgIpc) is 2.51. The molecule has 0 bridgehead atoms. The molecule has 5 heteroatoms. The molecule has 0 heterocycles. The predicted molar refractivity (Wildman–Crippen MR) is 83.7 cm³/mol. The number of ether oxygens (including phenoxy) is 1. The van der Waals surface area contributed by atoms with Crippen molar-refractivity contribution in [1.82, 2.24) is 5.43 Å². The summed E-state index contributed by atoms with van der Waals surface area (Å²) in [5, 5.41) is 4.60. The van der Waals surface area contributed by atoms with Gasteiger partial charge in [-0.1, -0.05) is 48.0 Å². The van der Waals surface area contributed by atoms with Crippen molar-refractivity contribution in [3.8, 4) is 5.75 Å². The normalized spacial score (nSPS) is 11.0. The zero-order valence-corrected chi connectivity index (χ0v) is 12.3. The molecule has 0 aliphatic carbocycles. The van der Waals surface area contributed by atoms with E-state index in [2.05, 4.69) is 10.5 Å². The molecule has 0 saturated heterocycles. The van der Waals surface area contributed by atoms with Gasteiger partial charge in [0.25, 0.3) is 5.91 Å². The first kappa shape index (κ1) is 15.1. The van der Waals surface area contributed by atoms with Crippen LogP contribution in [0.15, 0.2) is 59.7 Å². The summed E-state index contributed by atoms with van der Waals surface area (Å²) in [6, 6.07) is 16.5. The van der Waals surface area contributed by atoms with E-state index in [0.29, 0.717) is 10.8 Å². The summed E-state index contributed by atoms with van der Waals surface area (Å²) in [6.45, 7) is 1.71. The number of nitrogens with one attached hydrogen (secondary N) is 1. The molecule has 21 heavy (non-hydrogen) atoms. The Morgan fingerprint density at radius 1 is 1.19 bits per heavy atom. The first-order valence-electron chi connectivity index (χ1n) is 6.42. The monoisotopic (exact) mass is 302 g/mol. The smallest absolute Gasteiger partial charge is 0.277 e. The van der Waals surface area contributed by atoms with Gasteiger partial charge in [-0.3, -0.25) is 4.79 Å². The van der Waals surface area contributed by atoms with Gasteiger partial charge in [-0.25, -0.2) is 5.43 Å². The number of carbonyl (C=O) groups excluding carboxylic acids is 1. The largest absolute Gasteiger partial charge is 0.484 e. The molecule has 2 aromatic carbocycles. The standard InChI is InChI=1S/C16H15ClN2O2/c1-12(13-6-3-2-4-7-13)18-19-16(20)11-21-15-9-5-8-14(17)10-15/h2-10H,11H2,1H3,(H,19,20)/b18-12+. The van der Waals surface area contributed by atoms with E-state index in [4.69, 9.17) is 16.3 Å². The van der Waals surface area contributed by atoms with Crippen molar-refractivity contribution in [2.75, 3.05) is 6.61 Å². The highest BCUT2D eigenvalue weighted by Crippen LogP contribution is 2.16. The third kappa shape index (κ3) is 4.93. The maximum Gasteiger partial charge on any atom is 0.277 e. The lowest BCUT2D eigenvalue weighted by Crippen LogP contribution is -2.25. The molecule has 0 radical (unpaired) electrons. The fourth-order valence-corrected chi connectivity index (χ4v) is 1.81. The van der Waals surface area contributed by atoms with Gasteiger partial charge < -0.3 is 4.74 Å². The van der Waals surface area contributed by atoms with E-state index in [1.807, 2.05) is 37.3 Å². The molecule has 0 spiro atoms. The molecule has 0 aromatic heterocycles. The van der Waals surface area contributed by atoms with Gasteiger partial charge in [0, 0.05) is 5.02 Å². The predicted octanol–water partition coefficient (Wildman–Crippen LogP) is 3.26. The van der Waals surface area contributed by atoms with E-state index in [1.54, 1.807) is 24.3 Å². The quantitative estimate of drug-likeness (QED) is 0.681. The van der Waals surface area contributed by atoms with E-state index >= 15 is 0 Å². The van der Waals surface area contributed by atoms with Crippen LogP contribution >= 0.6 is 11.6 Å². The van der Waals surface area contributed by atoms with Crippen LogP contribution in [0.4, 0.5) is 0 Å². The molecule has 0 fully saturated rings. The lowest BCUT2D eigenvalue weighted by molar-refractivity contribution is -0.123. The molecule has 1 amide bonds. The van der Waals surface area contributed by atoms with Gasteiger partial charge in [-0.2, -0.15) is 5.10 Å². The zero-order chi connectivity index (χ0) is 15.1. The number of halogens is 1. The number of amides is 1. The molecule has 108 valence electrons. The highest BCUT2D eigenvalue weighted by molar-refractivity contribution is 6.30. The zero-order valence-electron chi connectivity index (χ0n) is 11.5. The van der Waals surface area contributed by atoms with Crippen molar-refractivity contribution < 1.29 is 9.53 Å². The molecule has 4 nitrogen and oxygen atoms in total. The van der Waals surface area contributed by atoms with Crippen molar-refractivity contribution in [2.45, 2.75) is 6.92 Å². The fourth-order valence-electron chi connectivity index (χ4n) is 1.63. The molecule has 0 aliphatic heterocycles. The number of hydrogen-bond donors (Lipinski definition) is 1. The Hall–Kier alpha value is -2.33. The summed E-state index contributed by atoms with van der Waals surface area (Å²) in [5.41, 5.74) is 4.14. The molecule has 0 aliphatic rings. The third-order valence-electron chi connectivity index (χ3n) is 2.71. The lowest BCUT2D eigenvalue weighted by atomic mass is 10.1. The van der Waals surface area contributed by atoms with Gasteiger partial charge in [-0.15, -0.1) is 0 Å². The molecule has 0 unspecified atom stereocenters. The van der Waals surface area contributed by atoms with Crippen LogP contribution in [-0.2, 0) is 4.79 Å². The van der Waals surface area contributed by atoms with Crippen LogP contribution < -0.4 is 10.2 Å². The summed E-state index contributed by atoms with van der Waals surface area (Å²) in [4.78, 5) is 11.7. The maximum absolute atomic E-state index is 11.7. The Labute approximate surface area is 128 Å². The van der Waals surface area contributed by atoms with Crippen LogP contribution in [0.2, 0.25) is 5.02 Å². The highest BCUT2D eigenvalue weighted by atomic mass is 35.5. The number of hydrogen-bond acceptors (Lipinski definition) is 3. The van der Waals surface area contributed by atoms with E-state index < -0.39 is 0 Å². The summed E-state index contributed by atoms with van der Waals surface area (Å²) in [7, 11) is 0. The minimum absolute atomic E-state index is 0.119. The summed E-state index contributed by atoms with van der Waals surface area (Å²) < 4.78 is 5.32. The van der Waals surface area contributed by atoms with E-state index in [1.165, 1.54) is 0 Å². The lowest BCUT2D eigenvalue weighted by Gasteiger charge is -2.06. The molecule has 1 N–H and O–H groups in total. The van der Waals surface area contributed by atoms with Gasteiger partial charge >= 0.3 is 0 Å². The second kappa shape index (κ2) is 7.45. The fraction of sp³-hybridized carbons (Fsp3) is 0.125. The topological polar surface area (TPSA) is 50.7 Å². The Bertz CT molecular complexity index is 642. The van der Waals surface area contributed by atoms with Crippen LogP contribution in [0.25, 0.3) is 0 Å². The van der Waals surface area contributed by atoms with Crippen molar-refractivity contribution in [2.24, 2.45) is 5.10 Å². The number of benzene rings is 2. The Morgan fingerprint density at radius 2 is 1.95 bits per heavy atom. The van der Waals surface area contributed by atoms with Crippen molar-refractivity contribution in [3.05, 3.63) is 65.2 Å². The van der Waals surface area contributed by atoms with Crippen LogP contribution in [0.3, 0.4) is 0 Å². The van der Waals surface area contributed by atoms with Gasteiger partial charge in [-0.05, 0) is 30.7 Å². The maximum atomic E-state index is 11.7. The van der Waals surface area contributed by atoms with Gasteiger partial charge in [0.15, 0.2) is 6.61 Å². The Kier molecular flexibility index (Phi) is 5.35. The summed E-state index contributed by atoms with van der Waals surface area (Å²) in [6.07, 6.45) is 0. The van der Waals surface area contributed by atoms with Crippen LogP contribution in [-0.4, -0.2) is 18.2 Å². The summed E-state index contributed by atoms with van der Waals surface area (Å²) >= 11 is 5.83.